The first-order valence-electron chi connectivity index (χ1n) is 6.98. The summed E-state index contributed by atoms with van der Waals surface area (Å²) >= 11 is 0. The van der Waals surface area contributed by atoms with Gasteiger partial charge in [-0.2, -0.15) is 0 Å². The van der Waals surface area contributed by atoms with Crippen molar-refractivity contribution in [3.8, 4) is 0 Å². The molecule has 3 N–H and O–H groups in total. The summed E-state index contributed by atoms with van der Waals surface area (Å²) in [6.45, 7) is 4.40. The second-order valence-corrected chi connectivity index (χ2v) is 5.38. The maximum Gasteiger partial charge on any atom is 0.251 e. The number of nitrogens with two attached hydrogens (primary N) is 1. The molecule has 2 rings (SSSR count). The van der Waals surface area contributed by atoms with Gasteiger partial charge in [0.2, 0.25) is 0 Å². The lowest BCUT2D eigenvalue weighted by atomic mass is 10.0. The van der Waals surface area contributed by atoms with Crippen molar-refractivity contribution in [3.05, 3.63) is 23.8 Å². The van der Waals surface area contributed by atoms with Crippen LogP contribution in [0.3, 0.4) is 0 Å². The van der Waals surface area contributed by atoms with Crippen LogP contribution < -0.4 is 16.0 Å². The number of benzene rings is 1. The Morgan fingerprint density at radius 1 is 1.37 bits per heavy atom. The van der Waals surface area contributed by atoms with Crippen molar-refractivity contribution in [2.24, 2.45) is 5.92 Å². The molecule has 4 heteroatoms. The molecule has 104 valence electrons. The van der Waals surface area contributed by atoms with E-state index in [2.05, 4.69) is 17.1 Å². The van der Waals surface area contributed by atoms with Crippen molar-refractivity contribution < 1.29 is 4.79 Å². The van der Waals surface area contributed by atoms with Crippen LogP contribution in [0.5, 0.6) is 0 Å². The summed E-state index contributed by atoms with van der Waals surface area (Å²) in [6, 6.07) is 5.58. The van der Waals surface area contributed by atoms with Gasteiger partial charge in [-0.15, -0.1) is 0 Å². The molecule has 0 bridgehead atoms. The second kappa shape index (κ2) is 5.95. The van der Waals surface area contributed by atoms with Crippen molar-refractivity contribution in [3.63, 3.8) is 0 Å². The quantitative estimate of drug-likeness (QED) is 0.803. The van der Waals surface area contributed by atoms with Crippen LogP contribution in [0.4, 0.5) is 11.4 Å². The van der Waals surface area contributed by atoms with Gasteiger partial charge in [-0.25, -0.2) is 0 Å². The Bertz CT molecular complexity index is 459. The van der Waals surface area contributed by atoms with Gasteiger partial charge in [0.1, 0.15) is 0 Å². The summed E-state index contributed by atoms with van der Waals surface area (Å²) in [6.07, 6.45) is 3.70. The summed E-state index contributed by atoms with van der Waals surface area (Å²) in [5.74, 6) is 0.694. The molecule has 1 amide bonds. The molecule has 1 fully saturated rings. The largest absolute Gasteiger partial charge is 0.397 e. The lowest BCUT2D eigenvalue weighted by molar-refractivity contribution is 0.0963. The molecule has 0 spiro atoms. The first-order valence-corrected chi connectivity index (χ1v) is 6.98. The fourth-order valence-corrected chi connectivity index (χ4v) is 2.63. The van der Waals surface area contributed by atoms with Crippen molar-refractivity contribution >= 4 is 17.3 Å². The van der Waals surface area contributed by atoms with Crippen molar-refractivity contribution in [1.82, 2.24) is 5.32 Å². The van der Waals surface area contributed by atoms with E-state index >= 15 is 0 Å². The van der Waals surface area contributed by atoms with Crippen molar-refractivity contribution in [2.45, 2.75) is 26.2 Å². The van der Waals surface area contributed by atoms with Crippen LogP contribution in [-0.4, -0.2) is 26.0 Å². The highest BCUT2D eigenvalue weighted by atomic mass is 16.1. The molecule has 0 aliphatic carbocycles. The minimum atomic E-state index is -0.0947. The van der Waals surface area contributed by atoms with E-state index in [-0.39, 0.29) is 5.91 Å². The molecule has 1 heterocycles. The summed E-state index contributed by atoms with van der Waals surface area (Å²) in [5, 5.41) is 2.62. The first kappa shape index (κ1) is 13.7. The zero-order valence-corrected chi connectivity index (χ0v) is 11.8. The summed E-state index contributed by atoms with van der Waals surface area (Å²) in [7, 11) is 1.63. The Hall–Kier alpha value is -1.71. The topological polar surface area (TPSA) is 58.4 Å². The molecule has 1 atom stereocenters. The smallest absolute Gasteiger partial charge is 0.251 e. The molecule has 1 aliphatic heterocycles. The number of hydrogen-bond donors (Lipinski definition) is 2. The molecule has 0 aromatic heterocycles. The number of rotatable bonds is 2. The van der Waals surface area contributed by atoms with Gasteiger partial charge in [0.15, 0.2) is 0 Å². The van der Waals surface area contributed by atoms with Crippen LogP contribution in [-0.2, 0) is 0 Å². The Morgan fingerprint density at radius 3 is 2.84 bits per heavy atom. The third kappa shape index (κ3) is 3.19. The zero-order chi connectivity index (χ0) is 13.8. The lowest BCUT2D eigenvalue weighted by Gasteiger charge is -2.24. The number of nitrogens with one attached hydrogen (secondary N) is 1. The average molecular weight is 261 g/mol. The molecular formula is C15H23N3O. The summed E-state index contributed by atoms with van der Waals surface area (Å²) < 4.78 is 0. The van der Waals surface area contributed by atoms with Crippen LogP contribution in [0, 0.1) is 5.92 Å². The maximum absolute atomic E-state index is 11.6. The van der Waals surface area contributed by atoms with Gasteiger partial charge < -0.3 is 16.0 Å². The average Bonchev–Trinajstić information content (AvgIpc) is 2.62. The van der Waals surface area contributed by atoms with Crippen molar-refractivity contribution in [2.75, 3.05) is 30.8 Å². The minimum absolute atomic E-state index is 0.0947. The van der Waals surface area contributed by atoms with Gasteiger partial charge >= 0.3 is 0 Å². The number of hydrogen-bond acceptors (Lipinski definition) is 3. The van der Waals surface area contributed by atoms with Crippen LogP contribution in [0.25, 0.3) is 0 Å². The van der Waals surface area contributed by atoms with Gasteiger partial charge in [-0.05, 0) is 43.4 Å². The molecule has 1 saturated heterocycles. The molecule has 4 nitrogen and oxygen atoms in total. The van der Waals surface area contributed by atoms with E-state index < -0.39 is 0 Å². The van der Waals surface area contributed by atoms with E-state index in [4.69, 9.17) is 5.73 Å². The number of nitrogens with zero attached hydrogens (tertiary/aromatic N) is 1. The van der Waals surface area contributed by atoms with Gasteiger partial charge in [-0.3, -0.25) is 4.79 Å². The number of carbonyl (C=O) groups excluding carboxylic acids is 1. The monoisotopic (exact) mass is 261 g/mol. The molecule has 0 saturated carbocycles. The Kier molecular flexibility index (Phi) is 4.30. The molecule has 1 aliphatic rings. The highest BCUT2D eigenvalue weighted by Gasteiger charge is 2.16. The highest BCUT2D eigenvalue weighted by molar-refractivity contribution is 5.96. The van der Waals surface area contributed by atoms with E-state index in [0.717, 1.165) is 24.7 Å². The van der Waals surface area contributed by atoms with Crippen LogP contribution in [0.15, 0.2) is 18.2 Å². The molecule has 19 heavy (non-hydrogen) atoms. The van der Waals surface area contributed by atoms with Crippen LogP contribution in [0.1, 0.15) is 36.5 Å². The standard InChI is InChI=1S/C15H23N3O/c1-11-4-3-8-18(9-7-11)14-6-5-12(10-13(14)16)15(19)17-2/h5-6,10-11H,3-4,7-9,16H2,1-2H3,(H,17,19). The molecule has 0 radical (unpaired) electrons. The van der Waals surface area contributed by atoms with Crippen LogP contribution in [0.2, 0.25) is 0 Å². The molecule has 1 aromatic carbocycles. The Morgan fingerprint density at radius 2 is 2.16 bits per heavy atom. The van der Waals surface area contributed by atoms with E-state index in [1.54, 1.807) is 13.1 Å². The van der Waals surface area contributed by atoms with E-state index in [0.29, 0.717) is 11.3 Å². The van der Waals surface area contributed by atoms with Gasteiger partial charge in [0, 0.05) is 25.7 Å². The van der Waals surface area contributed by atoms with Gasteiger partial charge in [0.25, 0.3) is 5.91 Å². The predicted octanol–water partition coefficient (Wildman–Crippen LogP) is 2.25. The van der Waals surface area contributed by atoms with E-state index in [1.807, 2.05) is 12.1 Å². The zero-order valence-electron chi connectivity index (χ0n) is 11.8. The third-order valence-corrected chi connectivity index (χ3v) is 3.87. The molecule has 1 unspecified atom stereocenters. The fraction of sp³-hybridized carbons (Fsp3) is 0.533. The predicted molar refractivity (Wildman–Crippen MR) is 79.5 cm³/mol. The van der Waals surface area contributed by atoms with Gasteiger partial charge in [-0.1, -0.05) is 6.92 Å². The summed E-state index contributed by atoms with van der Waals surface area (Å²) in [5.41, 5.74) is 8.47. The number of carbonyl (C=O) groups is 1. The normalized spacial score (nSPS) is 19.9. The summed E-state index contributed by atoms with van der Waals surface area (Å²) in [4.78, 5) is 13.9. The number of anilines is 2. The highest BCUT2D eigenvalue weighted by Crippen LogP contribution is 2.28. The number of amides is 1. The third-order valence-electron chi connectivity index (χ3n) is 3.87. The lowest BCUT2D eigenvalue weighted by Crippen LogP contribution is -2.25. The van der Waals surface area contributed by atoms with Gasteiger partial charge in [0.05, 0.1) is 11.4 Å². The van der Waals surface area contributed by atoms with Crippen molar-refractivity contribution in [1.29, 1.82) is 0 Å². The van der Waals surface area contributed by atoms with Crippen LogP contribution >= 0.6 is 0 Å². The fourth-order valence-electron chi connectivity index (χ4n) is 2.63. The molecule has 1 aromatic rings. The maximum atomic E-state index is 11.6. The van der Waals surface area contributed by atoms with E-state index in [9.17, 15) is 4.79 Å². The number of nitrogen functional groups attached to an aromatic ring is 1. The van der Waals surface area contributed by atoms with E-state index in [1.165, 1.54) is 19.3 Å². The molecular weight excluding hydrogens is 238 g/mol. The Labute approximate surface area is 115 Å². The first-order chi connectivity index (χ1) is 9.11. The SMILES string of the molecule is CNC(=O)c1ccc(N2CCCC(C)CC2)c(N)c1. The Balaban J connectivity index is 2.18. The second-order valence-electron chi connectivity index (χ2n) is 5.38. The minimum Gasteiger partial charge on any atom is -0.397 e.